The van der Waals surface area contributed by atoms with Gasteiger partial charge in [0.25, 0.3) is 0 Å². The second kappa shape index (κ2) is 6.70. The molecule has 3 heteroatoms. The van der Waals surface area contributed by atoms with Gasteiger partial charge in [0.2, 0.25) is 0 Å². The van der Waals surface area contributed by atoms with Gasteiger partial charge in [0.05, 0.1) is 6.07 Å². The third kappa shape index (κ3) is 3.34. The van der Waals surface area contributed by atoms with E-state index in [9.17, 15) is 5.26 Å². The van der Waals surface area contributed by atoms with E-state index in [4.69, 9.17) is 0 Å². The van der Waals surface area contributed by atoms with Crippen LogP contribution in [0.2, 0.25) is 0 Å². The van der Waals surface area contributed by atoms with Crippen molar-refractivity contribution in [1.82, 2.24) is 10.2 Å². The Hall–Kier alpha value is -1.37. The van der Waals surface area contributed by atoms with Gasteiger partial charge in [0.15, 0.2) is 0 Å². The van der Waals surface area contributed by atoms with Crippen LogP contribution in [0.15, 0.2) is 30.3 Å². The lowest BCUT2D eigenvalue weighted by molar-refractivity contribution is 0.284. The Morgan fingerprint density at radius 2 is 1.95 bits per heavy atom. The summed E-state index contributed by atoms with van der Waals surface area (Å²) in [5.41, 5.74) is 0.539. The van der Waals surface area contributed by atoms with Crippen LogP contribution >= 0.6 is 0 Å². The molecule has 1 aliphatic rings. The Labute approximate surface area is 116 Å². The molecule has 0 bridgehead atoms. The zero-order valence-corrected chi connectivity index (χ0v) is 11.7. The summed E-state index contributed by atoms with van der Waals surface area (Å²) in [5.74, 6) is 0. The topological polar surface area (TPSA) is 39.1 Å². The van der Waals surface area contributed by atoms with Crippen molar-refractivity contribution in [1.29, 1.82) is 5.26 Å². The van der Waals surface area contributed by atoms with Crippen molar-refractivity contribution in [3.63, 3.8) is 0 Å². The molecular formula is C16H23N3. The molecule has 1 saturated heterocycles. The number of nitrogens with zero attached hydrogens (tertiary/aromatic N) is 2. The van der Waals surface area contributed by atoms with Crippen LogP contribution in [0.5, 0.6) is 0 Å². The van der Waals surface area contributed by atoms with Crippen molar-refractivity contribution in [2.24, 2.45) is 0 Å². The summed E-state index contributed by atoms with van der Waals surface area (Å²) < 4.78 is 0. The number of rotatable bonds is 6. The summed E-state index contributed by atoms with van der Waals surface area (Å²) in [5, 5.41) is 13.1. The zero-order chi connectivity index (χ0) is 13.6. The Morgan fingerprint density at radius 3 is 2.53 bits per heavy atom. The molecule has 0 radical (unpaired) electrons. The zero-order valence-electron chi connectivity index (χ0n) is 11.7. The van der Waals surface area contributed by atoms with E-state index in [2.05, 4.69) is 35.3 Å². The normalized spacial score (nSPS) is 18.9. The SMILES string of the molecule is CCNC(C#N)(CCN1CCCC1)c1ccccc1. The first-order valence-electron chi connectivity index (χ1n) is 7.25. The van der Waals surface area contributed by atoms with Crippen molar-refractivity contribution in [2.45, 2.75) is 31.7 Å². The van der Waals surface area contributed by atoms with E-state index in [1.54, 1.807) is 0 Å². The van der Waals surface area contributed by atoms with Crippen LogP contribution in [0, 0.1) is 11.3 Å². The van der Waals surface area contributed by atoms with Crippen LogP contribution in [0.1, 0.15) is 31.7 Å². The largest absolute Gasteiger partial charge is 0.303 e. The molecule has 1 aromatic carbocycles. The fourth-order valence-corrected chi connectivity index (χ4v) is 2.85. The number of hydrogen-bond acceptors (Lipinski definition) is 3. The fraction of sp³-hybridized carbons (Fsp3) is 0.562. The molecule has 102 valence electrons. The maximum absolute atomic E-state index is 9.70. The lowest BCUT2D eigenvalue weighted by atomic mass is 9.87. The van der Waals surface area contributed by atoms with E-state index < -0.39 is 5.54 Å². The molecule has 3 nitrogen and oxygen atoms in total. The Kier molecular flexibility index (Phi) is 4.95. The first-order valence-corrected chi connectivity index (χ1v) is 7.25. The molecule has 2 rings (SSSR count). The van der Waals surface area contributed by atoms with Gasteiger partial charge in [-0.25, -0.2) is 0 Å². The van der Waals surface area contributed by atoms with Crippen LogP contribution in [-0.2, 0) is 5.54 Å². The average molecular weight is 257 g/mol. The molecule has 19 heavy (non-hydrogen) atoms. The van der Waals surface area contributed by atoms with Gasteiger partial charge in [-0.1, -0.05) is 37.3 Å². The first-order chi connectivity index (χ1) is 9.30. The highest BCUT2D eigenvalue weighted by Crippen LogP contribution is 2.25. The monoisotopic (exact) mass is 257 g/mol. The maximum atomic E-state index is 9.70. The number of likely N-dealkylation sites (tertiary alicyclic amines) is 1. The standard InChI is InChI=1S/C16H23N3/c1-2-18-16(14-17,15-8-4-3-5-9-15)10-13-19-11-6-7-12-19/h3-5,8-9,18H,2,6-7,10-13H2,1H3. The molecule has 1 fully saturated rings. The third-order valence-corrected chi connectivity index (χ3v) is 3.94. The highest BCUT2D eigenvalue weighted by atomic mass is 15.1. The summed E-state index contributed by atoms with van der Waals surface area (Å²) in [6.45, 7) is 6.23. The van der Waals surface area contributed by atoms with Gasteiger partial charge in [-0.2, -0.15) is 5.26 Å². The summed E-state index contributed by atoms with van der Waals surface area (Å²) in [6, 6.07) is 12.6. The summed E-state index contributed by atoms with van der Waals surface area (Å²) in [4.78, 5) is 2.46. The molecule has 1 aliphatic heterocycles. The van der Waals surface area contributed by atoms with E-state index in [1.807, 2.05) is 18.2 Å². The second-order valence-corrected chi connectivity index (χ2v) is 5.21. The molecule has 1 heterocycles. The van der Waals surface area contributed by atoms with Crippen LogP contribution < -0.4 is 5.32 Å². The molecule has 0 spiro atoms. The number of nitriles is 1. The quantitative estimate of drug-likeness (QED) is 0.851. The molecule has 0 aliphatic carbocycles. The molecule has 1 N–H and O–H groups in total. The molecule has 1 unspecified atom stereocenters. The molecular weight excluding hydrogens is 234 g/mol. The molecule has 1 atom stereocenters. The van der Waals surface area contributed by atoms with Gasteiger partial charge in [0.1, 0.15) is 5.54 Å². The lowest BCUT2D eigenvalue weighted by Gasteiger charge is -2.30. The first kappa shape index (κ1) is 14.0. The van der Waals surface area contributed by atoms with Gasteiger partial charge in [-0.15, -0.1) is 0 Å². The highest BCUT2D eigenvalue weighted by molar-refractivity contribution is 5.31. The van der Waals surface area contributed by atoms with Crippen molar-refractivity contribution >= 4 is 0 Å². The number of benzene rings is 1. The van der Waals surface area contributed by atoms with Gasteiger partial charge in [-0.05, 0) is 44.5 Å². The van der Waals surface area contributed by atoms with Crippen molar-refractivity contribution in [2.75, 3.05) is 26.2 Å². The predicted molar refractivity (Wildman–Crippen MR) is 77.7 cm³/mol. The Morgan fingerprint density at radius 1 is 1.26 bits per heavy atom. The average Bonchev–Trinajstić information content (AvgIpc) is 2.98. The van der Waals surface area contributed by atoms with Gasteiger partial charge < -0.3 is 4.90 Å². The van der Waals surface area contributed by atoms with Crippen molar-refractivity contribution < 1.29 is 0 Å². The van der Waals surface area contributed by atoms with Crippen LogP contribution in [-0.4, -0.2) is 31.1 Å². The van der Waals surface area contributed by atoms with E-state index in [-0.39, 0.29) is 0 Å². The minimum absolute atomic E-state index is 0.543. The van der Waals surface area contributed by atoms with Crippen molar-refractivity contribution in [3.8, 4) is 6.07 Å². The smallest absolute Gasteiger partial charge is 0.133 e. The van der Waals surface area contributed by atoms with Crippen LogP contribution in [0.4, 0.5) is 0 Å². The molecule has 0 aromatic heterocycles. The second-order valence-electron chi connectivity index (χ2n) is 5.21. The Balaban J connectivity index is 2.12. The van der Waals surface area contributed by atoms with Gasteiger partial charge >= 0.3 is 0 Å². The van der Waals surface area contributed by atoms with E-state index in [1.165, 1.54) is 25.9 Å². The molecule has 0 saturated carbocycles. The van der Waals surface area contributed by atoms with Crippen molar-refractivity contribution in [3.05, 3.63) is 35.9 Å². The summed E-state index contributed by atoms with van der Waals surface area (Å²) in [7, 11) is 0. The van der Waals surface area contributed by atoms with E-state index >= 15 is 0 Å². The maximum Gasteiger partial charge on any atom is 0.133 e. The molecule has 1 aromatic rings. The highest BCUT2D eigenvalue weighted by Gasteiger charge is 2.31. The minimum atomic E-state index is -0.543. The third-order valence-electron chi connectivity index (χ3n) is 3.94. The van der Waals surface area contributed by atoms with Crippen LogP contribution in [0.3, 0.4) is 0 Å². The fourth-order valence-electron chi connectivity index (χ4n) is 2.85. The van der Waals surface area contributed by atoms with E-state index in [0.29, 0.717) is 0 Å². The Bertz CT molecular complexity index is 417. The lowest BCUT2D eigenvalue weighted by Crippen LogP contribution is -2.43. The summed E-state index contributed by atoms with van der Waals surface area (Å²) in [6.07, 6.45) is 3.44. The van der Waals surface area contributed by atoms with Gasteiger partial charge in [0, 0.05) is 6.54 Å². The minimum Gasteiger partial charge on any atom is -0.303 e. The van der Waals surface area contributed by atoms with Crippen LogP contribution in [0.25, 0.3) is 0 Å². The number of hydrogen-bond donors (Lipinski definition) is 1. The van der Waals surface area contributed by atoms with E-state index in [0.717, 1.165) is 25.1 Å². The van der Waals surface area contributed by atoms with Gasteiger partial charge in [-0.3, -0.25) is 5.32 Å². The summed E-state index contributed by atoms with van der Waals surface area (Å²) >= 11 is 0. The molecule has 0 amide bonds. The predicted octanol–water partition coefficient (Wildman–Crippen LogP) is 2.50. The number of nitrogens with one attached hydrogen (secondary N) is 1.